The Labute approximate surface area is 209 Å². The number of aromatic nitrogens is 3. The third kappa shape index (κ3) is 4.67. The van der Waals surface area contributed by atoms with Crippen LogP contribution in [0, 0.1) is 19.3 Å². The van der Waals surface area contributed by atoms with Gasteiger partial charge in [-0.15, -0.1) is 0 Å². The molecule has 1 aliphatic carbocycles. The minimum Gasteiger partial charge on any atom is -0.337 e. The van der Waals surface area contributed by atoms with Crippen molar-refractivity contribution in [1.29, 1.82) is 0 Å². The lowest BCUT2D eigenvalue weighted by molar-refractivity contribution is 0.0718. The lowest BCUT2D eigenvalue weighted by atomic mass is 9.72. The number of rotatable bonds is 4. The number of hydrogen-bond donors (Lipinski definition) is 0. The Balaban J connectivity index is 1.59. The Hall–Kier alpha value is -2.89. The van der Waals surface area contributed by atoms with Crippen LogP contribution in [-0.4, -0.2) is 45.5 Å². The fraction of sp³-hybridized carbons (Fsp3) is 0.552. The monoisotopic (exact) mass is 473 g/mol. The molecule has 1 aromatic carbocycles. The van der Waals surface area contributed by atoms with Crippen LogP contribution in [0.4, 0.5) is 11.5 Å². The topological polar surface area (TPSA) is 53.7 Å². The van der Waals surface area contributed by atoms with Gasteiger partial charge in [-0.25, -0.2) is 4.98 Å². The molecule has 0 spiro atoms. The van der Waals surface area contributed by atoms with Crippen molar-refractivity contribution in [2.75, 3.05) is 25.0 Å². The fourth-order valence-corrected chi connectivity index (χ4v) is 5.93. The van der Waals surface area contributed by atoms with Gasteiger partial charge in [0.25, 0.3) is 5.91 Å². The zero-order chi connectivity index (χ0) is 24.7. The largest absolute Gasteiger partial charge is 0.337 e. The average molecular weight is 474 g/mol. The molecule has 2 fully saturated rings. The molecular weight excluding hydrogens is 434 g/mol. The van der Waals surface area contributed by atoms with Crippen molar-refractivity contribution in [1.82, 2.24) is 19.5 Å². The zero-order valence-corrected chi connectivity index (χ0v) is 22.0. The second-order valence-electron chi connectivity index (χ2n) is 11.4. The summed E-state index contributed by atoms with van der Waals surface area (Å²) in [5, 5.41) is 4.82. The van der Waals surface area contributed by atoms with Crippen molar-refractivity contribution in [3.8, 4) is 0 Å². The van der Waals surface area contributed by atoms with Gasteiger partial charge in [0.1, 0.15) is 5.82 Å². The Morgan fingerprint density at radius 1 is 1.03 bits per heavy atom. The Kier molecular flexibility index (Phi) is 6.32. The van der Waals surface area contributed by atoms with E-state index in [1.165, 1.54) is 36.1 Å². The number of piperidine rings is 1. The van der Waals surface area contributed by atoms with E-state index in [0.717, 1.165) is 55.9 Å². The first-order chi connectivity index (χ1) is 16.7. The Morgan fingerprint density at radius 2 is 1.69 bits per heavy atom. The van der Waals surface area contributed by atoms with E-state index in [1.54, 1.807) is 0 Å². The summed E-state index contributed by atoms with van der Waals surface area (Å²) < 4.78 is 1.87. The number of para-hydroxylation sites is 1. The summed E-state index contributed by atoms with van der Waals surface area (Å²) in [7, 11) is 2.10. The molecule has 2 aliphatic rings. The van der Waals surface area contributed by atoms with Crippen molar-refractivity contribution >= 4 is 23.1 Å². The number of nitrogens with zero attached hydrogens (tertiary/aromatic N) is 5. The number of aryl methyl sites for hydroxylation is 2. The molecule has 0 N–H and O–H groups in total. The van der Waals surface area contributed by atoms with Gasteiger partial charge >= 0.3 is 0 Å². The third-order valence-corrected chi connectivity index (χ3v) is 8.17. The third-order valence-electron chi connectivity index (χ3n) is 8.17. The molecule has 186 valence electrons. The van der Waals surface area contributed by atoms with E-state index in [9.17, 15) is 4.79 Å². The number of fused-ring (bicyclic) bond motifs is 1. The van der Waals surface area contributed by atoms with Crippen molar-refractivity contribution in [3.05, 3.63) is 52.8 Å². The van der Waals surface area contributed by atoms with Crippen molar-refractivity contribution in [2.45, 2.75) is 78.6 Å². The summed E-state index contributed by atoms with van der Waals surface area (Å²) in [6, 6.07) is 10.5. The quantitative estimate of drug-likeness (QED) is 0.438. The van der Waals surface area contributed by atoms with E-state index >= 15 is 0 Å². The lowest BCUT2D eigenvalue weighted by Gasteiger charge is -2.34. The maximum atomic E-state index is 13.3. The molecule has 0 bridgehead atoms. The molecule has 0 unspecified atom stereocenters. The van der Waals surface area contributed by atoms with Crippen LogP contribution in [0.2, 0.25) is 0 Å². The zero-order valence-electron chi connectivity index (χ0n) is 22.0. The van der Waals surface area contributed by atoms with Crippen molar-refractivity contribution < 1.29 is 4.79 Å². The lowest BCUT2D eigenvalue weighted by Crippen LogP contribution is -2.35. The number of carbonyl (C=O) groups is 1. The predicted octanol–water partition coefficient (Wildman–Crippen LogP) is 6.42. The SMILES string of the molecule is Cc1cccc(C)c1N(C)c1cc(C2CCC(C)(C)CC2)nc2cc(C(=O)N3CCCCC3)nn12. The van der Waals surface area contributed by atoms with Crippen molar-refractivity contribution in [3.63, 3.8) is 0 Å². The highest BCUT2D eigenvalue weighted by atomic mass is 16.2. The smallest absolute Gasteiger partial charge is 0.274 e. The minimum atomic E-state index is 0.0249. The van der Waals surface area contributed by atoms with Gasteiger partial charge in [-0.1, -0.05) is 32.0 Å². The summed E-state index contributed by atoms with van der Waals surface area (Å²) in [6.07, 6.45) is 8.06. The van der Waals surface area contributed by atoms with Crippen LogP contribution in [0.25, 0.3) is 5.65 Å². The van der Waals surface area contributed by atoms with E-state index in [2.05, 4.69) is 63.9 Å². The number of hydrogen-bond acceptors (Lipinski definition) is 4. The molecule has 1 amide bonds. The van der Waals surface area contributed by atoms with Gasteiger partial charge in [0.2, 0.25) is 0 Å². The Morgan fingerprint density at radius 3 is 2.34 bits per heavy atom. The summed E-state index contributed by atoms with van der Waals surface area (Å²) in [5.41, 5.74) is 6.40. The van der Waals surface area contributed by atoms with Gasteiger partial charge in [-0.3, -0.25) is 4.79 Å². The molecule has 35 heavy (non-hydrogen) atoms. The van der Waals surface area contributed by atoms with Crippen LogP contribution in [0.3, 0.4) is 0 Å². The van der Waals surface area contributed by atoms with Crippen LogP contribution in [0.5, 0.6) is 0 Å². The number of amides is 1. The molecule has 5 rings (SSSR count). The molecule has 1 aliphatic heterocycles. The van der Waals surface area contributed by atoms with Crippen LogP contribution in [0.1, 0.15) is 92.0 Å². The minimum absolute atomic E-state index is 0.0249. The van der Waals surface area contributed by atoms with Gasteiger partial charge in [0, 0.05) is 49.6 Å². The molecule has 6 nitrogen and oxygen atoms in total. The number of likely N-dealkylation sites (tertiary alicyclic amines) is 1. The van der Waals surface area contributed by atoms with Crippen LogP contribution >= 0.6 is 0 Å². The average Bonchev–Trinajstić information content (AvgIpc) is 3.27. The molecule has 1 saturated heterocycles. The van der Waals surface area contributed by atoms with E-state index in [4.69, 9.17) is 10.1 Å². The standard InChI is InChI=1S/C29H39N5O/c1-20-10-9-11-21(2)27(20)32(5)26-19-23(22-12-14-29(3,4)15-13-22)30-25-18-24(31-34(25)26)28(35)33-16-7-6-8-17-33/h9-11,18-19,22H,6-8,12-17H2,1-5H3. The van der Waals surface area contributed by atoms with Gasteiger partial charge < -0.3 is 9.80 Å². The van der Waals surface area contributed by atoms with Crippen LogP contribution in [-0.2, 0) is 0 Å². The molecule has 6 heteroatoms. The molecular formula is C29H39N5O. The molecule has 1 saturated carbocycles. The number of anilines is 2. The second-order valence-corrected chi connectivity index (χ2v) is 11.4. The van der Waals surface area contributed by atoms with Gasteiger partial charge in [-0.2, -0.15) is 9.61 Å². The molecule has 2 aromatic heterocycles. The van der Waals surface area contributed by atoms with Crippen LogP contribution < -0.4 is 4.90 Å². The maximum absolute atomic E-state index is 13.3. The van der Waals surface area contributed by atoms with E-state index in [0.29, 0.717) is 17.0 Å². The second kappa shape index (κ2) is 9.29. The predicted molar refractivity (Wildman–Crippen MR) is 142 cm³/mol. The summed E-state index contributed by atoms with van der Waals surface area (Å²) in [6.45, 7) is 10.7. The number of carbonyl (C=O) groups excluding carboxylic acids is 1. The van der Waals surface area contributed by atoms with E-state index in [-0.39, 0.29) is 5.91 Å². The molecule has 3 heterocycles. The summed E-state index contributed by atoms with van der Waals surface area (Å²) in [4.78, 5) is 22.5. The molecule has 0 atom stereocenters. The van der Waals surface area contributed by atoms with E-state index < -0.39 is 0 Å². The highest BCUT2D eigenvalue weighted by Gasteiger charge is 2.30. The van der Waals surface area contributed by atoms with Gasteiger partial charge in [-0.05, 0) is 75.3 Å². The van der Waals surface area contributed by atoms with Gasteiger partial charge in [0.15, 0.2) is 11.3 Å². The summed E-state index contributed by atoms with van der Waals surface area (Å²) >= 11 is 0. The first kappa shape index (κ1) is 23.8. The first-order valence-corrected chi connectivity index (χ1v) is 13.2. The normalized spacial score (nSPS) is 18.7. The molecule has 3 aromatic rings. The Bertz CT molecular complexity index is 1210. The highest BCUT2D eigenvalue weighted by Crippen LogP contribution is 2.43. The van der Waals surface area contributed by atoms with E-state index in [1.807, 2.05) is 15.5 Å². The fourth-order valence-electron chi connectivity index (χ4n) is 5.93. The summed E-state index contributed by atoms with van der Waals surface area (Å²) in [5.74, 6) is 1.43. The number of benzene rings is 1. The highest BCUT2D eigenvalue weighted by molar-refractivity contribution is 5.93. The molecule has 0 radical (unpaired) electrons. The van der Waals surface area contributed by atoms with Crippen LogP contribution in [0.15, 0.2) is 30.3 Å². The van der Waals surface area contributed by atoms with Gasteiger partial charge in [0.05, 0.1) is 0 Å². The van der Waals surface area contributed by atoms with Crippen molar-refractivity contribution in [2.24, 2.45) is 5.41 Å². The first-order valence-electron chi connectivity index (χ1n) is 13.2. The maximum Gasteiger partial charge on any atom is 0.274 e.